The van der Waals surface area contributed by atoms with Gasteiger partial charge in [0.1, 0.15) is 24.2 Å². The van der Waals surface area contributed by atoms with Gasteiger partial charge in [-0.1, -0.05) is 78.9 Å². The Morgan fingerprint density at radius 2 is 1.42 bits per heavy atom. The molecule has 0 radical (unpaired) electrons. The molecule has 0 aromatic heterocycles. The number of methoxy groups -OCH3 is 1. The Bertz CT molecular complexity index is 1710. The summed E-state index contributed by atoms with van der Waals surface area (Å²) in [6.45, 7) is 4.52. The maximum Gasteiger partial charge on any atom is 0.264 e. The van der Waals surface area contributed by atoms with Gasteiger partial charge in [0, 0.05) is 24.1 Å². The summed E-state index contributed by atoms with van der Waals surface area (Å²) < 4.78 is 49.7. The Hall–Kier alpha value is -4.70. The predicted molar refractivity (Wildman–Crippen MR) is 173 cm³/mol. The molecule has 0 saturated carbocycles. The van der Waals surface area contributed by atoms with Gasteiger partial charge in [0.25, 0.3) is 10.0 Å². The summed E-state index contributed by atoms with van der Waals surface area (Å²) in [5.74, 6) is -1.47. The van der Waals surface area contributed by atoms with E-state index in [1.807, 2.05) is 51.1 Å². The number of rotatable bonds is 12. The third kappa shape index (κ3) is 8.48. The van der Waals surface area contributed by atoms with Crippen LogP contribution in [0.15, 0.2) is 114 Å². The number of nitrogens with one attached hydrogen (secondary N) is 1. The Kier molecular flexibility index (Phi) is 10.6. The molecule has 0 saturated heterocycles. The fraction of sp³-hybridized carbons (Fsp3) is 0.257. The average Bonchev–Trinajstić information content (AvgIpc) is 3.02. The number of anilines is 1. The second kappa shape index (κ2) is 14.4. The van der Waals surface area contributed by atoms with E-state index in [9.17, 15) is 18.0 Å². The molecule has 236 valence electrons. The number of hydrogen-bond donors (Lipinski definition) is 1. The van der Waals surface area contributed by atoms with Gasteiger partial charge >= 0.3 is 0 Å². The molecule has 45 heavy (non-hydrogen) atoms. The number of carbonyl (C=O) groups excluding carboxylic acids is 2. The number of hydrogen-bond acceptors (Lipinski definition) is 5. The molecule has 8 nitrogen and oxygen atoms in total. The molecule has 0 aliphatic heterocycles. The van der Waals surface area contributed by atoms with Crippen molar-refractivity contribution in [2.45, 2.75) is 50.2 Å². The number of para-hydroxylation sites is 2. The molecule has 0 aliphatic carbocycles. The quantitative estimate of drug-likeness (QED) is 0.220. The SMILES string of the molecule is COc1ccccc1N(CC(=O)N(Cc1ccccc1F)C(Cc1ccccc1)C(=O)NC(C)(C)C)S(=O)(=O)c1ccccc1. The maximum atomic E-state index is 15.1. The first-order chi connectivity index (χ1) is 21.4. The van der Waals surface area contributed by atoms with Crippen LogP contribution in [0.2, 0.25) is 0 Å². The number of ether oxygens (including phenoxy) is 1. The highest BCUT2D eigenvalue weighted by Gasteiger charge is 2.36. The van der Waals surface area contributed by atoms with Crippen LogP contribution in [0, 0.1) is 5.82 Å². The molecule has 4 aromatic carbocycles. The highest BCUT2D eigenvalue weighted by molar-refractivity contribution is 7.92. The first kappa shape index (κ1) is 33.2. The molecule has 0 bridgehead atoms. The Labute approximate surface area is 264 Å². The highest BCUT2D eigenvalue weighted by atomic mass is 32.2. The highest BCUT2D eigenvalue weighted by Crippen LogP contribution is 2.32. The molecule has 1 N–H and O–H groups in total. The van der Waals surface area contributed by atoms with Crippen LogP contribution in [-0.2, 0) is 32.6 Å². The zero-order chi connectivity index (χ0) is 32.6. The molecule has 4 rings (SSSR count). The van der Waals surface area contributed by atoms with Crippen molar-refractivity contribution in [1.82, 2.24) is 10.2 Å². The lowest BCUT2D eigenvalue weighted by Gasteiger charge is -2.35. The van der Waals surface area contributed by atoms with Crippen LogP contribution >= 0.6 is 0 Å². The Balaban J connectivity index is 1.85. The molecule has 0 aliphatic rings. The van der Waals surface area contributed by atoms with Crippen molar-refractivity contribution < 1.29 is 27.1 Å². The molecule has 1 unspecified atom stereocenters. The minimum absolute atomic E-state index is 0.0318. The van der Waals surface area contributed by atoms with E-state index in [0.717, 1.165) is 9.87 Å². The first-order valence-electron chi connectivity index (χ1n) is 14.5. The van der Waals surface area contributed by atoms with Crippen molar-refractivity contribution in [2.24, 2.45) is 0 Å². The van der Waals surface area contributed by atoms with E-state index in [0.29, 0.717) is 0 Å². The smallest absolute Gasteiger partial charge is 0.264 e. The van der Waals surface area contributed by atoms with Gasteiger partial charge in [0.2, 0.25) is 11.8 Å². The van der Waals surface area contributed by atoms with Crippen molar-refractivity contribution in [2.75, 3.05) is 18.0 Å². The van der Waals surface area contributed by atoms with Crippen LogP contribution in [0.1, 0.15) is 31.9 Å². The van der Waals surface area contributed by atoms with Gasteiger partial charge in [-0.15, -0.1) is 0 Å². The fourth-order valence-corrected chi connectivity index (χ4v) is 6.33. The first-order valence-corrected chi connectivity index (χ1v) is 15.9. The van der Waals surface area contributed by atoms with E-state index in [1.165, 1.54) is 42.3 Å². The topological polar surface area (TPSA) is 96.0 Å². The van der Waals surface area contributed by atoms with E-state index >= 15 is 4.39 Å². The van der Waals surface area contributed by atoms with E-state index in [-0.39, 0.29) is 34.9 Å². The molecule has 0 heterocycles. The van der Waals surface area contributed by atoms with Gasteiger partial charge in [0.15, 0.2) is 0 Å². The predicted octanol–water partition coefficient (Wildman–Crippen LogP) is 5.58. The molecular weight excluding hydrogens is 593 g/mol. The van der Waals surface area contributed by atoms with E-state index in [4.69, 9.17) is 4.74 Å². The molecule has 4 aromatic rings. The lowest BCUT2D eigenvalue weighted by Crippen LogP contribution is -2.56. The van der Waals surface area contributed by atoms with Crippen molar-refractivity contribution in [3.05, 3.63) is 126 Å². The summed E-state index contributed by atoms with van der Waals surface area (Å²) >= 11 is 0. The normalized spacial score (nSPS) is 12.2. The van der Waals surface area contributed by atoms with Gasteiger partial charge in [-0.05, 0) is 56.7 Å². The minimum atomic E-state index is -4.30. The van der Waals surface area contributed by atoms with Crippen LogP contribution in [-0.4, -0.2) is 50.4 Å². The van der Waals surface area contributed by atoms with Gasteiger partial charge in [-0.25, -0.2) is 12.8 Å². The van der Waals surface area contributed by atoms with Crippen molar-refractivity contribution in [1.29, 1.82) is 0 Å². The van der Waals surface area contributed by atoms with Crippen molar-refractivity contribution in [3.63, 3.8) is 0 Å². The number of nitrogens with zero attached hydrogens (tertiary/aromatic N) is 2. The average molecular weight is 632 g/mol. The van der Waals surface area contributed by atoms with Gasteiger partial charge in [0.05, 0.1) is 17.7 Å². The number of benzene rings is 4. The van der Waals surface area contributed by atoms with Gasteiger partial charge in [-0.3, -0.25) is 13.9 Å². The summed E-state index contributed by atoms with van der Waals surface area (Å²) in [5, 5.41) is 2.96. The summed E-state index contributed by atoms with van der Waals surface area (Å²) in [7, 11) is -2.89. The Morgan fingerprint density at radius 3 is 2.04 bits per heavy atom. The molecular formula is C35H38FN3O5S. The van der Waals surface area contributed by atoms with E-state index in [2.05, 4.69) is 5.32 Å². The Morgan fingerprint density at radius 1 is 0.844 bits per heavy atom. The maximum absolute atomic E-state index is 15.1. The zero-order valence-electron chi connectivity index (χ0n) is 25.8. The summed E-state index contributed by atoms with van der Waals surface area (Å²) in [6, 6.07) is 28.3. The standard InChI is InChI=1S/C35H38FN3O5S/c1-35(2,3)37-34(41)31(23-26-15-7-5-8-16-26)38(24-27-17-11-12-20-29(27)36)33(40)25-39(30-21-13-14-22-32(30)44-4)45(42,43)28-18-9-6-10-19-28/h5-22,31H,23-25H2,1-4H3,(H,37,41). The molecule has 0 fully saturated rings. The number of amides is 2. The number of halogens is 1. The third-order valence-electron chi connectivity index (χ3n) is 7.03. The van der Waals surface area contributed by atoms with Crippen LogP contribution in [0.25, 0.3) is 0 Å². The van der Waals surface area contributed by atoms with Crippen molar-refractivity contribution >= 4 is 27.5 Å². The second-order valence-corrected chi connectivity index (χ2v) is 13.4. The molecule has 10 heteroatoms. The summed E-state index contributed by atoms with van der Waals surface area (Å²) in [4.78, 5) is 29.6. The zero-order valence-corrected chi connectivity index (χ0v) is 26.6. The monoisotopic (exact) mass is 631 g/mol. The summed E-state index contributed by atoms with van der Waals surface area (Å²) in [6.07, 6.45) is 0.114. The van der Waals surface area contributed by atoms with E-state index < -0.39 is 45.8 Å². The third-order valence-corrected chi connectivity index (χ3v) is 8.81. The molecule has 0 spiro atoms. The fourth-order valence-electron chi connectivity index (χ4n) is 4.89. The van der Waals surface area contributed by atoms with Crippen LogP contribution in [0.3, 0.4) is 0 Å². The summed E-state index contributed by atoms with van der Waals surface area (Å²) in [5.41, 5.74) is 0.458. The van der Waals surface area contributed by atoms with Crippen molar-refractivity contribution in [3.8, 4) is 5.75 Å². The minimum Gasteiger partial charge on any atom is -0.495 e. The number of sulfonamides is 1. The largest absolute Gasteiger partial charge is 0.495 e. The second-order valence-electron chi connectivity index (χ2n) is 11.6. The number of carbonyl (C=O) groups is 2. The molecule has 2 amide bonds. The lowest BCUT2D eigenvalue weighted by atomic mass is 10.0. The van der Waals surface area contributed by atoms with Crippen LogP contribution < -0.4 is 14.4 Å². The van der Waals surface area contributed by atoms with Gasteiger partial charge in [-0.2, -0.15) is 0 Å². The van der Waals surface area contributed by atoms with Gasteiger partial charge < -0.3 is 15.0 Å². The van der Waals surface area contributed by atoms with E-state index in [1.54, 1.807) is 48.5 Å². The molecule has 1 atom stereocenters. The lowest BCUT2D eigenvalue weighted by molar-refractivity contribution is -0.140. The van der Waals surface area contributed by atoms with Crippen LogP contribution in [0.4, 0.5) is 10.1 Å². The van der Waals surface area contributed by atoms with Crippen LogP contribution in [0.5, 0.6) is 5.75 Å².